The molecule has 1 unspecified atom stereocenters. The average Bonchev–Trinajstić information content (AvgIpc) is 2.80. The van der Waals surface area contributed by atoms with E-state index < -0.39 is 11.0 Å². The van der Waals surface area contributed by atoms with Crippen molar-refractivity contribution >= 4 is 11.0 Å². The van der Waals surface area contributed by atoms with Crippen LogP contribution in [0.1, 0.15) is 39.5 Å². The Hall–Kier alpha value is 0.110. The molecule has 2 nitrogen and oxygen atoms in total. The van der Waals surface area contributed by atoms with Gasteiger partial charge < -0.3 is 0 Å². The minimum absolute atomic E-state index is 0.315. The van der Waals surface area contributed by atoms with Crippen LogP contribution < -0.4 is 0 Å². The van der Waals surface area contributed by atoms with Crippen LogP contribution in [0.2, 0.25) is 0 Å². The van der Waals surface area contributed by atoms with E-state index in [2.05, 4.69) is 18.2 Å². The second kappa shape index (κ2) is 3.88. The highest BCUT2D eigenvalue weighted by Crippen LogP contribution is 2.45. The molecule has 0 N–H and O–H groups in total. The first-order chi connectivity index (χ1) is 5.66. The van der Waals surface area contributed by atoms with Crippen molar-refractivity contribution in [3.05, 3.63) is 0 Å². The fraction of sp³-hybridized carbons (Fsp3) is 1.00. The molecule has 0 radical (unpaired) electrons. The van der Waals surface area contributed by atoms with E-state index in [9.17, 15) is 4.21 Å². The zero-order valence-corrected chi connectivity index (χ0v) is 9.12. The van der Waals surface area contributed by atoms with Crippen LogP contribution in [0, 0.1) is 0 Å². The van der Waals surface area contributed by atoms with Crippen LogP contribution in [0.15, 0.2) is 0 Å². The minimum Gasteiger partial charge on any atom is -0.243 e. The molecule has 1 aliphatic carbocycles. The van der Waals surface area contributed by atoms with Gasteiger partial charge in [0.15, 0.2) is 0 Å². The van der Waals surface area contributed by atoms with Crippen molar-refractivity contribution in [1.29, 1.82) is 0 Å². The maximum Gasteiger partial charge on any atom is 0.0915 e. The molecule has 0 spiro atoms. The van der Waals surface area contributed by atoms with Crippen LogP contribution in [0.5, 0.6) is 0 Å². The van der Waals surface area contributed by atoms with E-state index in [1.807, 2.05) is 0 Å². The van der Waals surface area contributed by atoms with Crippen molar-refractivity contribution in [2.45, 2.75) is 45.1 Å². The summed E-state index contributed by atoms with van der Waals surface area (Å²) in [4.78, 5) is 0. The van der Waals surface area contributed by atoms with E-state index in [0.29, 0.717) is 5.54 Å². The maximum atomic E-state index is 11.4. The zero-order valence-electron chi connectivity index (χ0n) is 8.30. The van der Waals surface area contributed by atoms with Gasteiger partial charge in [-0.1, -0.05) is 13.8 Å². The summed E-state index contributed by atoms with van der Waals surface area (Å²) < 4.78 is 13.6. The highest BCUT2D eigenvalue weighted by molar-refractivity contribution is 7.81. The van der Waals surface area contributed by atoms with Gasteiger partial charge >= 0.3 is 0 Å². The van der Waals surface area contributed by atoms with Crippen LogP contribution in [-0.4, -0.2) is 26.9 Å². The maximum absolute atomic E-state index is 11.4. The molecule has 3 heteroatoms. The fourth-order valence-corrected chi connectivity index (χ4v) is 3.06. The predicted molar refractivity (Wildman–Crippen MR) is 53.3 cm³/mol. The van der Waals surface area contributed by atoms with Gasteiger partial charge in [0.05, 0.1) is 11.0 Å². The van der Waals surface area contributed by atoms with Crippen LogP contribution in [0.3, 0.4) is 0 Å². The monoisotopic (exact) mass is 189 g/mol. The molecule has 0 aromatic heterocycles. The Bertz CT molecular complexity index is 177. The molecule has 0 aliphatic heterocycles. The molecule has 0 heterocycles. The fourth-order valence-electron chi connectivity index (χ4n) is 1.77. The Labute approximate surface area is 77.9 Å². The molecule has 0 saturated heterocycles. The van der Waals surface area contributed by atoms with Gasteiger partial charge in [-0.05, 0) is 25.7 Å². The molecule has 1 atom stereocenters. The molecule has 0 aromatic carbocycles. The summed E-state index contributed by atoms with van der Waals surface area (Å²) in [5.74, 6) is 0. The highest BCUT2D eigenvalue weighted by atomic mass is 32.2. The second-order valence-electron chi connectivity index (χ2n) is 3.60. The van der Waals surface area contributed by atoms with E-state index in [1.54, 1.807) is 6.26 Å². The molecule has 1 rings (SSSR count). The number of rotatable bonds is 5. The first-order valence-electron chi connectivity index (χ1n) is 4.77. The molecule has 0 bridgehead atoms. The van der Waals surface area contributed by atoms with E-state index >= 15 is 0 Å². The lowest BCUT2D eigenvalue weighted by atomic mass is 10.2. The van der Waals surface area contributed by atoms with Crippen molar-refractivity contribution in [3.63, 3.8) is 0 Å². The van der Waals surface area contributed by atoms with E-state index in [-0.39, 0.29) is 0 Å². The van der Waals surface area contributed by atoms with Crippen LogP contribution >= 0.6 is 0 Å². The topological polar surface area (TPSA) is 20.3 Å². The Kier molecular flexibility index (Phi) is 3.29. The molecule has 0 aromatic rings. The van der Waals surface area contributed by atoms with Gasteiger partial charge in [-0.2, -0.15) is 0 Å². The molecule has 0 amide bonds. The van der Waals surface area contributed by atoms with Crippen molar-refractivity contribution in [2.75, 3.05) is 12.8 Å². The summed E-state index contributed by atoms with van der Waals surface area (Å²) in [7, 11) is -0.777. The number of hydrogen-bond acceptors (Lipinski definition) is 1. The SMILES string of the molecule is CCCN(S(C)=O)C1(CC)CC1. The van der Waals surface area contributed by atoms with Gasteiger partial charge in [0.1, 0.15) is 0 Å². The third-order valence-electron chi connectivity index (χ3n) is 2.75. The van der Waals surface area contributed by atoms with Gasteiger partial charge in [0.2, 0.25) is 0 Å². The summed E-state index contributed by atoms with van der Waals surface area (Å²) in [6.45, 7) is 5.32. The molecular formula is C9H19NOS. The standard InChI is InChI=1S/C9H19NOS/c1-4-8-10(12(3)11)9(5-2)6-7-9/h4-8H2,1-3H3. The van der Waals surface area contributed by atoms with Crippen molar-refractivity contribution in [3.8, 4) is 0 Å². The lowest BCUT2D eigenvalue weighted by Gasteiger charge is -2.27. The van der Waals surface area contributed by atoms with Crippen molar-refractivity contribution in [2.24, 2.45) is 0 Å². The van der Waals surface area contributed by atoms with Crippen molar-refractivity contribution in [1.82, 2.24) is 4.31 Å². The number of nitrogens with zero attached hydrogens (tertiary/aromatic N) is 1. The summed E-state index contributed by atoms with van der Waals surface area (Å²) >= 11 is 0. The first kappa shape index (κ1) is 10.2. The Balaban J connectivity index is 2.59. The van der Waals surface area contributed by atoms with Crippen LogP contribution in [0.4, 0.5) is 0 Å². The first-order valence-corrected chi connectivity index (χ1v) is 6.29. The normalized spacial score (nSPS) is 22.7. The van der Waals surface area contributed by atoms with E-state index in [0.717, 1.165) is 19.4 Å². The molecule has 1 aliphatic rings. The predicted octanol–water partition coefficient (Wildman–Crippen LogP) is 1.93. The molecule has 1 fully saturated rings. The molecule has 1 saturated carbocycles. The third kappa shape index (κ3) is 1.88. The summed E-state index contributed by atoms with van der Waals surface area (Å²) in [5.41, 5.74) is 0.315. The van der Waals surface area contributed by atoms with Crippen LogP contribution in [0.25, 0.3) is 0 Å². The summed E-state index contributed by atoms with van der Waals surface area (Å²) in [6.07, 6.45) is 6.52. The molecule has 12 heavy (non-hydrogen) atoms. The highest BCUT2D eigenvalue weighted by Gasteiger charge is 2.47. The smallest absolute Gasteiger partial charge is 0.0915 e. The van der Waals surface area contributed by atoms with Gasteiger partial charge in [0, 0.05) is 18.3 Å². The quantitative estimate of drug-likeness (QED) is 0.647. The molecular weight excluding hydrogens is 170 g/mol. The minimum atomic E-state index is -0.777. The van der Waals surface area contributed by atoms with E-state index in [4.69, 9.17) is 0 Å². The van der Waals surface area contributed by atoms with Gasteiger partial charge in [-0.25, -0.2) is 8.51 Å². The van der Waals surface area contributed by atoms with Crippen molar-refractivity contribution < 1.29 is 4.21 Å². The van der Waals surface area contributed by atoms with Gasteiger partial charge in [-0.3, -0.25) is 0 Å². The lowest BCUT2D eigenvalue weighted by Crippen LogP contribution is -2.38. The Morgan fingerprint density at radius 2 is 2.00 bits per heavy atom. The van der Waals surface area contributed by atoms with Gasteiger partial charge in [-0.15, -0.1) is 0 Å². The Morgan fingerprint density at radius 3 is 2.25 bits per heavy atom. The average molecular weight is 189 g/mol. The number of hydrogen-bond donors (Lipinski definition) is 0. The largest absolute Gasteiger partial charge is 0.243 e. The van der Waals surface area contributed by atoms with Crippen LogP contribution in [-0.2, 0) is 11.0 Å². The van der Waals surface area contributed by atoms with E-state index in [1.165, 1.54) is 12.8 Å². The summed E-state index contributed by atoms with van der Waals surface area (Å²) in [6, 6.07) is 0. The summed E-state index contributed by atoms with van der Waals surface area (Å²) in [5, 5.41) is 0. The third-order valence-corrected chi connectivity index (χ3v) is 3.94. The second-order valence-corrected chi connectivity index (χ2v) is 4.89. The zero-order chi connectivity index (χ0) is 9.19. The Morgan fingerprint density at radius 1 is 1.42 bits per heavy atom. The molecule has 72 valence electrons. The lowest BCUT2D eigenvalue weighted by molar-refractivity contribution is 0.309. The van der Waals surface area contributed by atoms with Gasteiger partial charge in [0.25, 0.3) is 0 Å².